The van der Waals surface area contributed by atoms with Crippen molar-refractivity contribution in [2.75, 3.05) is 7.11 Å². The molecule has 114 valence electrons. The molecule has 0 spiro atoms. The summed E-state index contributed by atoms with van der Waals surface area (Å²) in [6.45, 7) is 6.78. The smallest absolute Gasteiger partial charge is 0.124 e. The molecule has 1 unspecified atom stereocenters. The third kappa shape index (κ3) is 3.30. The van der Waals surface area contributed by atoms with Gasteiger partial charge in [0.15, 0.2) is 0 Å². The summed E-state index contributed by atoms with van der Waals surface area (Å²) in [6.07, 6.45) is -0.132. The summed E-state index contributed by atoms with van der Waals surface area (Å²) < 4.78 is 8.27. The molecule has 0 aliphatic heterocycles. The van der Waals surface area contributed by atoms with Crippen LogP contribution in [0, 0.1) is 13.8 Å². The fourth-order valence-corrected chi connectivity index (χ4v) is 2.90. The summed E-state index contributed by atoms with van der Waals surface area (Å²) in [4.78, 5) is 0. The van der Waals surface area contributed by atoms with Crippen LogP contribution in [-0.2, 0) is 13.0 Å². The molecular formula is C16H21BrN2O2. The number of aliphatic hydroxyl groups excluding tert-OH is 1. The van der Waals surface area contributed by atoms with E-state index in [4.69, 9.17) is 4.74 Å². The molecule has 0 bridgehead atoms. The third-order valence-corrected chi connectivity index (χ3v) is 4.62. The first-order valence-corrected chi connectivity index (χ1v) is 7.81. The minimum atomic E-state index is -0.627. The van der Waals surface area contributed by atoms with E-state index in [2.05, 4.69) is 21.0 Å². The molecule has 2 rings (SSSR count). The van der Waals surface area contributed by atoms with Gasteiger partial charge in [-0.05, 0) is 48.3 Å². The van der Waals surface area contributed by atoms with Crippen LogP contribution in [0.3, 0.4) is 0 Å². The summed E-state index contributed by atoms with van der Waals surface area (Å²) in [7, 11) is 1.63. The van der Waals surface area contributed by atoms with E-state index in [0.717, 1.165) is 39.3 Å². The van der Waals surface area contributed by atoms with Gasteiger partial charge in [0.25, 0.3) is 0 Å². The van der Waals surface area contributed by atoms with Crippen molar-refractivity contribution in [1.82, 2.24) is 9.78 Å². The molecule has 0 saturated carbocycles. The number of halogens is 1. The maximum Gasteiger partial charge on any atom is 0.124 e. The summed E-state index contributed by atoms with van der Waals surface area (Å²) in [5.74, 6) is 0.720. The molecule has 4 nitrogen and oxygen atoms in total. The van der Waals surface area contributed by atoms with E-state index in [1.165, 1.54) is 0 Å². The predicted octanol–water partition coefficient (Wildman–Crippen LogP) is 3.57. The monoisotopic (exact) mass is 352 g/mol. The standard InChI is InChI=1S/C16H21BrN2O2/c1-5-19-13(16(17)11(3)18-19)9-14(20)12-7-6-10(2)8-15(12)21-4/h6-8,14,20H,5,9H2,1-4H3. The number of methoxy groups -OCH3 is 1. The van der Waals surface area contributed by atoms with Crippen molar-refractivity contribution in [3.05, 3.63) is 45.2 Å². The van der Waals surface area contributed by atoms with E-state index in [1.807, 2.05) is 43.7 Å². The molecule has 0 amide bonds. The van der Waals surface area contributed by atoms with Crippen LogP contribution in [-0.4, -0.2) is 22.0 Å². The molecule has 0 saturated heterocycles. The summed E-state index contributed by atoms with van der Waals surface area (Å²) >= 11 is 3.56. The molecule has 1 atom stereocenters. The van der Waals surface area contributed by atoms with Crippen LogP contribution in [0.4, 0.5) is 0 Å². The van der Waals surface area contributed by atoms with E-state index < -0.39 is 6.10 Å². The van der Waals surface area contributed by atoms with Gasteiger partial charge in [-0.25, -0.2) is 0 Å². The average molecular weight is 353 g/mol. The highest BCUT2D eigenvalue weighted by molar-refractivity contribution is 9.10. The molecule has 0 aliphatic rings. The number of benzene rings is 1. The summed E-state index contributed by atoms with van der Waals surface area (Å²) in [5, 5.41) is 15.0. The first kappa shape index (κ1) is 16.0. The zero-order valence-electron chi connectivity index (χ0n) is 12.9. The normalized spacial score (nSPS) is 12.5. The van der Waals surface area contributed by atoms with Crippen molar-refractivity contribution >= 4 is 15.9 Å². The Morgan fingerprint density at radius 2 is 2.10 bits per heavy atom. The number of aryl methyl sites for hydroxylation is 3. The van der Waals surface area contributed by atoms with Gasteiger partial charge in [-0.2, -0.15) is 5.10 Å². The average Bonchev–Trinajstić information content (AvgIpc) is 2.74. The Bertz CT molecular complexity index is 637. The molecule has 5 heteroatoms. The predicted molar refractivity (Wildman–Crippen MR) is 86.7 cm³/mol. The number of rotatable bonds is 5. The van der Waals surface area contributed by atoms with Crippen molar-refractivity contribution in [2.24, 2.45) is 0 Å². The number of ether oxygens (including phenoxy) is 1. The van der Waals surface area contributed by atoms with Gasteiger partial charge in [-0.15, -0.1) is 0 Å². The first-order valence-electron chi connectivity index (χ1n) is 7.02. The largest absolute Gasteiger partial charge is 0.496 e. The lowest BCUT2D eigenvalue weighted by Crippen LogP contribution is -2.10. The highest BCUT2D eigenvalue weighted by Crippen LogP contribution is 2.31. The van der Waals surface area contributed by atoms with Gasteiger partial charge < -0.3 is 9.84 Å². The van der Waals surface area contributed by atoms with Crippen LogP contribution >= 0.6 is 15.9 Å². The minimum absolute atomic E-state index is 0.495. The zero-order valence-corrected chi connectivity index (χ0v) is 14.4. The molecule has 0 fully saturated rings. The van der Waals surface area contributed by atoms with Crippen molar-refractivity contribution in [3.8, 4) is 5.75 Å². The molecule has 0 radical (unpaired) electrons. The van der Waals surface area contributed by atoms with Gasteiger partial charge in [-0.3, -0.25) is 4.68 Å². The molecule has 0 aliphatic carbocycles. The fraction of sp³-hybridized carbons (Fsp3) is 0.438. The Labute approximate surface area is 133 Å². The van der Waals surface area contributed by atoms with Gasteiger partial charge >= 0.3 is 0 Å². The number of hydrogen-bond donors (Lipinski definition) is 1. The Morgan fingerprint density at radius 1 is 1.38 bits per heavy atom. The second-order valence-electron chi connectivity index (χ2n) is 5.13. The second-order valence-corrected chi connectivity index (χ2v) is 5.92. The number of nitrogens with zero attached hydrogens (tertiary/aromatic N) is 2. The van der Waals surface area contributed by atoms with E-state index in [-0.39, 0.29) is 0 Å². The molecule has 1 N–H and O–H groups in total. The minimum Gasteiger partial charge on any atom is -0.496 e. The van der Waals surface area contributed by atoms with Crippen LogP contribution in [0.2, 0.25) is 0 Å². The van der Waals surface area contributed by atoms with E-state index >= 15 is 0 Å². The first-order chi connectivity index (χ1) is 9.97. The zero-order chi connectivity index (χ0) is 15.6. The van der Waals surface area contributed by atoms with Crippen molar-refractivity contribution < 1.29 is 9.84 Å². The lowest BCUT2D eigenvalue weighted by atomic mass is 10.0. The molecule has 2 aromatic rings. The van der Waals surface area contributed by atoms with Gasteiger partial charge in [0.2, 0.25) is 0 Å². The Morgan fingerprint density at radius 3 is 2.71 bits per heavy atom. The van der Waals surface area contributed by atoms with E-state index in [0.29, 0.717) is 6.42 Å². The topological polar surface area (TPSA) is 47.3 Å². The number of aliphatic hydroxyl groups is 1. The Kier molecular flexibility index (Phi) is 5.06. The maximum atomic E-state index is 10.6. The Balaban J connectivity index is 2.32. The maximum absolute atomic E-state index is 10.6. The number of aromatic nitrogens is 2. The fourth-order valence-electron chi connectivity index (χ4n) is 2.45. The van der Waals surface area contributed by atoms with Crippen LogP contribution in [0.15, 0.2) is 22.7 Å². The quantitative estimate of drug-likeness (QED) is 0.894. The highest BCUT2D eigenvalue weighted by atomic mass is 79.9. The van der Waals surface area contributed by atoms with Crippen molar-refractivity contribution in [3.63, 3.8) is 0 Å². The SMILES string of the molecule is CCn1nc(C)c(Br)c1CC(O)c1ccc(C)cc1OC. The summed E-state index contributed by atoms with van der Waals surface area (Å²) in [5.41, 5.74) is 3.86. The van der Waals surface area contributed by atoms with Gasteiger partial charge in [0.1, 0.15) is 5.75 Å². The molecule has 21 heavy (non-hydrogen) atoms. The Hall–Kier alpha value is -1.33. The lowest BCUT2D eigenvalue weighted by Gasteiger charge is -2.16. The summed E-state index contributed by atoms with van der Waals surface area (Å²) in [6, 6.07) is 5.85. The second kappa shape index (κ2) is 6.62. The van der Waals surface area contributed by atoms with Crippen LogP contribution in [0.1, 0.15) is 35.5 Å². The molecule has 1 aromatic heterocycles. The van der Waals surface area contributed by atoms with Crippen LogP contribution in [0.25, 0.3) is 0 Å². The molecule has 1 heterocycles. The lowest BCUT2D eigenvalue weighted by molar-refractivity contribution is 0.171. The van der Waals surface area contributed by atoms with Crippen molar-refractivity contribution in [2.45, 2.75) is 39.8 Å². The molecular weight excluding hydrogens is 332 g/mol. The number of hydrogen-bond acceptors (Lipinski definition) is 3. The van der Waals surface area contributed by atoms with Crippen molar-refractivity contribution in [1.29, 1.82) is 0 Å². The van der Waals surface area contributed by atoms with Gasteiger partial charge in [0, 0.05) is 18.5 Å². The highest BCUT2D eigenvalue weighted by Gasteiger charge is 2.19. The van der Waals surface area contributed by atoms with E-state index in [1.54, 1.807) is 7.11 Å². The van der Waals surface area contributed by atoms with Crippen LogP contribution < -0.4 is 4.74 Å². The van der Waals surface area contributed by atoms with E-state index in [9.17, 15) is 5.11 Å². The van der Waals surface area contributed by atoms with Gasteiger partial charge in [0.05, 0.1) is 29.1 Å². The van der Waals surface area contributed by atoms with Gasteiger partial charge in [-0.1, -0.05) is 12.1 Å². The van der Waals surface area contributed by atoms with Crippen LogP contribution in [0.5, 0.6) is 5.75 Å². The molecule has 1 aromatic carbocycles. The third-order valence-electron chi connectivity index (χ3n) is 3.59.